The number of nitrogens with zero attached hydrogens (tertiary/aromatic N) is 2. The molecule has 1 aromatic heterocycles. The summed E-state index contributed by atoms with van der Waals surface area (Å²) in [5.74, 6) is 0.715. The largest absolute Gasteiger partial charge is 0.353 e. The van der Waals surface area contributed by atoms with E-state index in [1.807, 2.05) is 0 Å². The van der Waals surface area contributed by atoms with E-state index in [-0.39, 0.29) is 5.69 Å². The van der Waals surface area contributed by atoms with E-state index in [0.717, 1.165) is 18.4 Å². The molecule has 6 nitrogen and oxygen atoms in total. The van der Waals surface area contributed by atoms with E-state index >= 15 is 0 Å². The maximum Gasteiger partial charge on any atom is 0.271 e. The first-order valence-electron chi connectivity index (χ1n) is 7.13. The summed E-state index contributed by atoms with van der Waals surface area (Å²) in [6.45, 7) is 0. The van der Waals surface area contributed by atoms with Crippen LogP contribution in [0, 0.1) is 10.1 Å². The van der Waals surface area contributed by atoms with Gasteiger partial charge in [-0.05, 0) is 18.9 Å². The standard InChI is InChI=1S/C14H18N4O2/c19-18(20)11-7-8-12-13(9-11)17-14(16-12)15-10-5-3-1-2-4-6-10/h7-10H,1-6H2,(H2,15,16,17). The zero-order chi connectivity index (χ0) is 13.9. The van der Waals surface area contributed by atoms with Crippen LogP contribution in [0.15, 0.2) is 18.2 Å². The van der Waals surface area contributed by atoms with Gasteiger partial charge in [-0.1, -0.05) is 25.7 Å². The molecule has 0 unspecified atom stereocenters. The highest BCUT2D eigenvalue weighted by Gasteiger charge is 2.14. The van der Waals surface area contributed by atoms with Crippen molar-refractivity contribution in [3.8, 4) is 0 Å². The van der Waals surface area contributed by atoms with Gasteiger partial charge in [0, 0.05) is 18.2 Å². The molecule has 1 saturated carbocycles. The molecule has 1 aromatic carbocycles. The Bertz CT molecular complexity index is 615. The van der Waals surface area contributed by atoms with Gasteiger partial charge in [0.25, 0.3) is 5.69 Å². The average Bonchev–Trinajstić information content (AvgIpc) is 2.64. The molecule has 20 heavy (non-hydrogen) atoms. The Labute approximate surface area is 116 Å². The minimum atomic E-state index is -0.390. The summed E-state index contributed by atoms with van der Waals surface area (Å²) in [5, 5.41) is 14.2. The summed E-state index contributed by atoms with van der Waals surface area (Å²) < 4.78 is 0. The first kappa shape index (κ1) is 12.9. The third-order valence-corrected chi connectivity index (χ3v) is 3.87. The van der Waals surface area contributed by atoms with Crippen molar-refractivity contribution < 1.29 is 4.92 Å². The SMILES string of the molecule is O=[N+]([O-])c1ccc2nc(NC3CCCCCC3)[nH]c2c1. The summed E-state index contributed by atoms with van der Waals surface area (Å²) in [6.07, 6.45) is 7.45. The Hall–Kier alpha value is -2.11. The van der Waals surface area contributed by atoms with Gasteiger partial charge < -0.3 is 10.3 Å². The topological polar surface area (TPSA) is 83.8 Å². The molecule has 0 atom stereocenters. The normalized spacial score (nSPS) is 17.0. The van der Waals surface area contributed by atoms with Crippen LogP contribution < -0.4 is 5.32 Å². The lowest BCUT2D eigenvalue weighted by molar-refractivity contribution is -0.384. The number of imidazole rings is 1. The first-order valence-corrected chi connectivity index (χ1v) is 7.13. The van der Waals surface area contributed by atoms with Gasteiger partial charge in [0.1, 0.15) is 0 Å². The maximum atomic E-state index is 10.8. The second kappa shape index (κ2) is 5.48. The fourth-order valence-corrected chi connectivity index (χ4v) is 2.80. The van der Waals surface area contributed by atoms with Gasteiger partial charge in [-0.3, -0.25) is 10.1 Å². The predicted octanol–water partition coefficient (Wildman–Crippen LogP) is 3.61. The summed E-state index contributed by atoms with van der Waals surface area (Å²) in [5.41, 5.74) is 1.55. The van der Waals surface area contributed by atoms with Crippen LogP contribution in [0.2, 0.25) is 0 Å². The third-order valence-electron chi connectivity index (χ3n) is 3.87. The van der Waals surface area contributed by atoms with Gasteiger partial charge in [-0.25, -0.2) is 4.98 Å². The second-order valence-electron chi connectivity index (χ2n) is 5.38. The molecule has 2 aromatic rings. The van der Waals surface area contributed by atoms with Crippen LogP contribution in [0.5, 0.6) is 0 Å². The average molecular weight is 274 g/mol. The highest BCUT2D eigenvalue weighted by molar-refractivity contribution is 5.79. The van der Waals surface area contributed by atoms with Crippen molar-refractivity contribution in [2.24, 2.45) is 0 Å². The van der Waals surface area contributed by atoms with Crippen molar-refractivity contribution in [1.82, 2.24) is 9.97 Å². The molecule has 1 heterocycles. The van der Waals surface area contributed by atoms with Crippen molar-refractivity contribution >= 4 is 22.7 Å². The summed E-state index contributed by atoms with van der Waals surface area (Å²) in [7, 11) is 0. The van der Waals surface area contributed by atoms with Crippen LogP contribution in [-0.2, 0) is 0 Å². The highest BCUT2D eigenvalue weighted by atomic mass is 16.6. The number of hydrogen-bond acceptors (Lipinski definition) is 4. The summed E-state index contributed by atoms with van der Waals surface area (Å²) in [4.78, 5) is 18.0. The van der Waals surface area contributed by atoms with Crippen molar-refractivity contribution in [3.05, 3.63) is 28.3 Å². The summed E-state index contributed by atoms with van der Waals surface area (Å²) >= 11 is 0. The number of H-pyrrole nitrogens is 1. The smallest absolute Gasteiger partial charge is 0.271 e. The second-order valence-corrected chi connectivity index (χ2v) is 5.38. The minimum absolute atomic E-state index is 0.0853. The van der Waals surface area contributed by atoms with Crippen LogP contribution in [0.1, 0.15) is 38.5 Å². The Balaban J connectivity index is 1.79. The Morgan fingerprint density at radius 3 is 2.70 bits per heavy atom. The number of nitrogens with one attached hydrogen (secondary N) is 2. The van der Waals surface area contributed by atoms with E-state index in [2.05, 4.69) is 15.3 Å². The fraction of sp³-hybridized carbons (Fsp3) is 0.500. The van der Waals surface area contributed by atoms with Gasteiger partial charge in [0.05, 0.1) is 16.0 Å². The Kier molecular flexibility index (Phi) is 3.54. The number of nitro benzene ring substituents is 1. The molecular weight excluding hydrogens is 256 g/mol. The molecule has 0 radical (unpaired) electrons. The Morgan fingerprint density at radius 1 is 1.25 bits per heavy atom. The molecule has 106 valence electrons. The highest BCUT2D eigenvalue weighted by Crippen LogP contribution is 2.23. The van der Waals surface area contributed by atoms with Gasteiger partial charge >= 0.3 is 0 Å². The predicted molar refractivity (Wildman–Crippen MR) is 77.9 cm³/mol. The Morgan fingerprint density at radius 2 is 2.00 bits per heavy atom. The molecule has 0 amide bonds. The molecule has 2 N–H and O–H groups in total. The molecular formula is C14H18N4O2. The van der Waals surface area contributed by atoms with Crippen LogP contribution >= 0.6 is 0 Å². The van der Waals surface area contributed by atoms with Crippen molar-refractivity contribution in [2.75, 3.05) is 5.32 Å². The van der Waals surface area contributed by atoms with E-state index in [9.17, 15) is 10.1 Å². The molecule has 0 spiro atoms. The van der Waals surface area contributed by atoms with Gasteiger partial charge in [-0.2, -0.15) is 0 Å². The number of rotatable bonds is 3. The van der Waals surface area contributed by atoms with E-state index in [0.29, 0.717) is 17.5 Å². The lowest BCUT2D eigenvalue weighted by Crippen LogP contribution is -2.18. The third kappa shape index (κ3) is 2.74. The van der Waals surface area contributed by atoms with Crippen LogP contribution in [-0.4, -0.2) is 20.9 Å². The minimum Gasteiger partial charge on any atom is -0.353 e. The lowest BCUT2D eigenvalue weighted by Gasteiger charge is -2.14. The number of fused-ring (bicyclic) bond motifs is 1. The van der Waals surface area contributed by atoms with Crippen LogP contribution in [0.3, 0.4) is 0 Å². The molecule has 0 aliphatic heterocycles. The number of aromatic amines is 1. The van der Waals surface area contributed by atoms with Gasteiger partial charge in [0.15, 0.2) is 0 Å². The molecule has 1 fully saturated rings. The zero-order valence-electron chi connectivity index (χ0n) is 11.3. The fourth-order valence-electron chi connectivity index (χ4n) is 2.80. The van der Waals surface area contributed by atoms with Crippen molar-refractivity contribution in [1.29, 1.82) is 0 Å². The molecule has 6 heteroatoms. The molecule has 0 saturated heterocycles. The number of nitro groups is 1. The first-order chi connectivity index (χ1) is 9.72. The van der Waals surface area contributed by atoms with E-state index in [1.54, 1.807) is 6.07 Å². The molecule has 3 rings (SSSR count). The molecule has 1 aliphatic rings. The number of anilines is 1. The molecule has 1 aliphatic carbocycles. The van der Waals surface area contributed by atoms with E-state index < -0.39 is 4.92 Å². The number of hydrogen-bond donors (Lipinski definition) is 2. The van der Waals surface area contributed by atoms with Gasteiger partial charge in [-0.15, -0.1) is 0 Å². The number of aromatic nitrogens is 2. The van der Waals surface area contributed by atoms with E-state index in [4.69, 9.17) is 0 Å². The van der Waals surface area contributed by atoms with Gasteiger partial charge in [0.2, 0.25) is 5.95 Å². The number of non-ortho nitro benzene ring substituents is 1. The van der Waals surface area contributed by atoms with Crippen LogP contribution in [0.25, 0.3) is 11.0 Å². The lowest BCUT2D eigenvalue weighted by atomic mass is 10.1. The molecule has 0 bridgehead atoms. The zero-order valence-corrected chi connectivity index (χ0v) is 11.3. The number of benzene rings is 1. The monoisotopic (exact) mass is 274 g/mol. The van der Waals surface area contributed by atoms with Crippen LogP contribution in [0.4, 0.5) is 11.6 Å². The van der Waals surface area contributed by atoms with E-state index in [1.165, 1.54) is 37.8 Å². The maximum absolute atomic E-state index is 10.8. The summed E-state index contributed by atoms with van der Waals surface area (Å²) in [6, 6.07) is 5.15. The quantitative estimate of drug-likeness (QED) is 0.508. The van der Waals surface area contributed by atoms with Crippen molar-refractivity contribution in [2.45, 2.75) is 44.6 Å². The van der Waals surface area contributed by atoms with Crippen molar-refractivity contribution in [3.63, 3.8) is 0 Å².